The summed E-state index contributed by atoms with van der Waals surface area (Å²) in [4.78, 5) is 9.93. The van der Waals surface area contributed by atoms with Crippen molar-refractivity contribution in [1.82, 2.24) is 9.97 Å². The normalized spacial score (nSPS) is 10.4. The molecular formula is C13H13Cl2N3. The first-order chi connectivity index (χ1) is 8.56. The van der Waals surface area contributed by atoms with Crippen molar-refractivity contribution < 1.29 is 0 Å². The van der Waals surface area contributed by atoms with Crippen LogP contribution in [0.15, 0.2) is 30.5 Å². The molecule has 0 bridgehead atoms. The molecule has 0 aliphatic heterocycles. The number of benzene rings is 1. The molecule has 0 aliphatic rings. The number of aromatic nitrogens is 2. The van der Waals surface area contributed by atoms with Crippen molar-refractivity contribution in [2.75, 3.05) is 11.9 Å². The Labute approximate surface area is 116 Å². The number of nitrogens with zero attached hydrogens (tertiary/aromatic N) is 3. The van der Waals surface area contributed by atoms with Crippen molar-refractivity contribution in [3.05, 3.63) is 51.9 Å². The van der Waals surface area contributed by atoms with E-state index in [4.69, 9.17) is 23.2 Å². The minimum Gasteiger partial charge on any atom is -0.354 e. The predicted octanol–water partition coefficient (Wildman–Crippen LogP) is 3.73. The lowest BCUT2D eigenvalue weighted by Gasteiger charge is -2.19. The number of hydrogen-bond acceptors (Lipinski definition) is 3. The largest absolute Gasteiger partial charge is 0.354 e. The molecule has 0 N–H and O–H groups in total. The minimum absolute atomic E-state index is 0.200. The van der Waals surface area contributed by atoms with Gasteiger partial charge in [0.1, 0.15) is 5.02 Å². The second kappa shape index (κ2) is 5.55. The maximum Gasteiger partial charge on any atom is 0.224 e. The highest BCUT2D eigenvalue weighted by Gasteiger charge is 2.10. The summed E-state index contributed by atoms with van der Waals surface area (Å²) >= 11 is 11.8. The van der Waals surface area contributed by atoms with Gasteiger partial charge in [0.2, 0.25) is 5.28 Å². The van der Waals surface area contributed by atoms with Gasteiger partial charge in [0.15, 0.2) is 5.82 Å². The van der Waals surface area contributed by atoms with E-state index in [1.165, 1.54) is 17.3 Å². The zero-order valence-electron chi connectivity index (χ0n) is 10.2. The number of hydrogen-bond donors (Lipinski definition) is 0. The van der Waals surface area contributed by atoms with Gasteiger partial charge >= 0.3 is 0 Å². The lowest BCUT2D eigenvalue weighted by atomic mass is 10.1. The molecule has 0 unspecified atom stereocenters. The van der Waals surface area contributed by atoms with E-state index in [0.717, 1.165) is 6.54 Å². The van der Waals surface area contributed by atoms with Crippen LogP contribution in [-0.2, 0) is 6.54 Å². The first-order valence-corrected chi connectivity index (χ1v) is 6.26. The third-order valence-electron chi connectivity index (χ3n) is 2.56. The van der Waals surface area contributed by atoms with Gasteiger partial charge in [-0.1, -0.05) is 41.4 Å². The first-order valence-electron chi connectivity index (χ1n) is 5.51. The van der Waals surface area contributed by atoms with Crippen LogP contribution < -0.4 is 4.90 Å². The molecule has 2 aromatic rings. The van der Waals surface area contributed by atoms with Crippen molar-refractivity contribution in [3.63, 3.8) is 0 Å². The monoisotopic (exact) mass is 281 g/mol. The van der Waals surface area contributed by atoms with E-state index in [-0.39, 0.29) is 5.28 Å². The van der Waals surface area contributed by atoms with Crippen LogP contribution in [0.2, 0.25) is 10.3 Å². The molecule has 94 valence electrons. The summed E-state index contributed by atoms with van der Waals surface area (Å²) in [5.41, 5.74) is 2.43. The summed E-state index contributed by atoms with van der Waals surface area (Å²) < 4.78 is 0. The summed E-state index contributed by atoms with van der Waals surface area (Å²) in [5, 5.41) is 0.694. The van der Waals surface area contributed by atoms with Crippen LogP contribution in [-0.4, -0.2) is 17.0 Å². The summed E-state index contributed by atoms with van der Waals surface area (Å²) in [6.45, 7) is 2.78. The molecule has 0 aliphatic carbocycles. The molecule has 0 atom stereocenters. The fourth-order valence-corrected chi connectivity index (χ4v) is 2.13. The maximum atomic E-state index is 6.06. The molecule has 0 saturated carbocycles. The van der Waals surface area contributed by atoms with E-state index in [2.05, 4.69) is 35.1 Å². The van der Waals surface area contributed by atoms with E-state index in [1.807, 2.05) is 18.0 Å². The molecule has 1 heterocycles. The van der Waals surface area contributed by atoms with Crippen molar-refractivity contribution in [2.24, 2.45) is 0 Å². The first kappa shape index (κ1) is 13.1. The SMILES string of the molecule is Cc1cccc(CN(C)c2nc(Cl)ncc2Cl)c1. The molecule has 5 heteroatoms. The van der Waals surface area contributed by atoms with Crippen molar-refractivity contribution >= 4 is 29.0 Å². The van der Waals surface area contributed by atoms with Gasteiger partial charge in [-0.05, 0) is 24.1 Å². The molecule has 0 radical (unpaired) electrons. The highest BCUT2D eigenvalue weighted by Crippen LogP contribution is 2.24. The van der Waals surface area contributed by atoms with Gasteiger partial charge in [-0.2, -0.15) is 4.98 Å². The van der Waals surface area contributed by atoms with Crippen LogP contribution in [0.25, 0.3) is 0 Å². The minimum atomic E-state index is 0.200. The zero-order valence-corrected chi connectivity index (χ0v) is 11.7. The van der Waals surface area contributed by atoms with Gasteiger partial charge in [0.25, 0.3) is 0 Å². The molecular weight excluding hydrogens is 269 g/mol. The van der Waals surface area contributed by atoms with Gasteiger partial charge < -0.3 is 4.90 Å². The van der Waals surface area contributed by atoms with E-state index in [9.17, 15) is 0 Å². The van der Waals surface area contributed by atoms with Crippen molar-refractivity contribution in [3.8, 4) is 0 Å². The van der Waals surface area contributed by atoms with Crippen LogP contribution in [0, 0.1) is 6.92 Å². The average Bonchev–Trinajstić information content (AvgIpc) is 2.32. The Morgan fingerprint density at radius 3 is 2.78 bits per heavy atom. The predicted molar refractivity (Wildman–Crippen MR) is 75.3 cm³/mol. The maximum absolute atomic E-state index is 6.06. The van der Waals surface area contributed by atoms with Gasteiger partial charge in [-0.3, -0.25) is 0 Å². The summed E-state index contributed by atoms with van der Waals surface area (Å²) in [5.74, 6) is 0.637. The van der Waals surface area contributed by atoms with Gasteiger partial charge in [0.05, 0.1) is 6.20 Å². The van der Waals surface area contributed by atoms with Crippen LogP contribution in [0.5, 0.6) is 0 Å². The Bertz CT molecular complexity index is 558. The molecule has 3 nitrogen and oxygen atoms in total. The number of halogens is 2. The number of aryl methyl sites for hydroxylation is 1. The topological polar surface area (TPSA) is 29.0 Å². The standard InChI is InChI=1S/C13H13Cl2N3/c1-9-4-3-5-10(6-9)8-18(2)12-11(14)7-16-13(15)17-12/h3-7H,8H2,1-2H3. The summed E-state index contributed by atoms with van der Waals surface area (Å²) in [6, 6.07) is 8.30. The van der Waals surface area contributed by atoms with E-state index in [1.54, 1.807) is 0 Å². The van der Waals surface area contributed by atoms with Crippen molar-refractivity contribution in [2.45, 2.75) is 13.5 Å². The fraction of sp³-hybridized carbons (Fsp3) is 0.231. The van der Waals surface area contributed by atoms with E-state index >= 15 is 0 Å². The van der Waals surface area contributed by atoms with E-state index in [0.29, 0.717) is 10.8 Å². The lowest BCUT2D eigenvalue weighted by molar-refractivity contribution is 0.890. The zero-order chi connectivity index (χ0) is 13.1. The lowest BCUT2D eigenvalue weighted by Crippen LogP contribution is -2.18. The Morgan fingerprint density at radius 1 is 1.28 bits per heavy atom. The molecule has 1 aromatic heterocycles. The molecule has 18 heavy (non-hydrogen) atoms. The van der Waals surface area contributed by atoms with Crippen LogP contribution in [0.4, 0.5) is 5.82 Å². The third-order valence-corrected chi connectivity index (χ3v) is 3.01. The second-order valence-corrected chi connectivity index (χ2v) is 4.90. The van der Waals surface area contributed by atoms with Gasteiger partial charge in [0, 0.05) is 13.6 Å². The summed E-state index contributed by atoms with van der Waals surface area (Å²) in [6.07, 6.45) is 1.51. The Kier molecular flexibility index (Phi) is 4.04. The molecule has 2 rings (SSSR count). The smallest absolute Gasteiger partial charge is 0.224 e. The summed E-state index contributed by atoms with van der Waals surface area (Å²) in [7, 11) is 1.92. The Balaban J connectivity index is 2.21. The molecule has 1 aromatic carbocycles. The second-order valence-electron chi connectivity index (χ2n) is 4.16. The average molecular weight is 282 g/mol. The van der Waals surface area contributed by atoms with Crippen LogP contribution in [0.1, 0.15) is 11.1 Å². The Hall–Kier alpha value is -1.32. The third kappa shape index (κ3) is 3.12. The number of rotatable bonds is 3. The van der Waals surface area contributed by atoms with Gasteiger partial charge in [-0.25, -0.2) is 4.98 Å². The van der Waals surface area contributed by atoms with Crippen LogP contribution >= 0.6 is 23.2 Å². The fourth-order valence-electron chi connectivity index (χ4n) is 1.76. The molecule has 0 fully saturated rings. The van der Waals surface area contributed by atoms with E-state index < -0.39 is 0 Å². The number of anilines is 1. The molecule has 0 saturated heterocycles. The van der Waals surface area contributed by atoms with Gasteiger partial charge in [-0.15, -0.1) is 0 Å². The quantitative estimate of drug-likeness (QED) is 0.803. The van der Waals surface area contributed by atoms with Crippen LogP contribution in [0.3, 0.4) is 0 Å². The highest BCUT2D eigenvalue weighted by molar-refractivity contribution is 6.33. The van der Waals surface area contributed by atoms with Crippen molar-refractivity contribution in [1.29, 1.82) is 0 Å². The molecule has 0 spiro atoms. The molecule has 0 amide bonds. The Morgan fingerprint density at radius 2 is 2.06 bits per heavy atom. The highest BCUT2D eigenvalue weighted by atomic mass is 35.5.